The van der Waals surface area contributed by atoms with Crippen LogP contribution in [0.2, 0.25) is 0 Å². The number of likely N-dealkylation sites (N-methyl/N-ethyl adjacent to an activating group) is 2. The molecule has 11 heteroatoms. The smallest absolute Gasteiger partial charge is 0.233 e. The number of carbonyl (C=O) groups excluding carboxylic acids is 2. The predicted molar refractivity (Wildman–Crippen MR) is 139 cm³/mol. The number of thioether (sulfide) groups is 1. The summed E-state index contributed by atoms with van der Waals surface area (Å²) in [6.45, 7) is 4.48. The van der Waals surface area contributed by atoms with Crippen LogP contribution in [0.25, 0.3) is 0 Å². The lowest BCUT2D eigenvalue weighted by atomic mass is 9.75. The first-order chi connectivity index (χ1) is 17.5. The molecule has 4 N–H and O–H groups in total. The van der Waals surface area contributed by atoms with Crippen molar-refractivity contribution in [2.75, 3.05) is 59.2 Å². The van der Waals surface area contributed by atoms with Gasteiger partial charge in [-0.3, -0.25) is 35.3 Å². The van der Waals surface area contributed by atoms with E-state index in [9.17, 15) is 9.59 Å². The van der Waals surface area contributed by atoms with E-state index in [0.717, 1.165) is 57.9 Å². The van der Waals surface area contributed by atoms with Crippen molar-refractivity contribution in [2.45, 2.75) is 74.6 Å². The molecule has 204 valence electrons. The molecule has 36 heavy (non-hydrogen) atoms. The third-order valence-electron chi connectivity index (χ3n) is 8.76. The second kappa shape index (κ2) is 12.4. The lowest BCUT2D eigenvalue weighted by Crippen LogP contribution is -2.66. The molecule has 1 aliphatic carbocycles. The van der Waals surface area contributed by atoms with E-state index >= 15 is 0 Å². The molecular formula is C25H44N6O4S. The molecule has 0 aromatic heterocycles. The van der Waals surface area contributed by atoms with Gasteiger partial charge in [-0.15, -0.1) is 11.8 Å². The van der Waals surface area contributed by atoms with Crippen LogP contribution in [0, 0.1) is 11.8 Å². The summed E-state index contributed by atoms with van der Waals surface area (Å²) in [6, 6.07) is 0.467. The van der Waals surface area contributed by atoms with Crippen LogP contribution in [0.4, 0.5) is 0 Å². The van der Waals surface area contributed by atoms with Gasteiger partial charge >= 0.3 is 0 Å². The van der Waals surface area contributed by atoms with Gasteiger partial charge in [0.25, 0.3) is 0 Å². The fourth-order valence-electron chi connectivity index (χ4n) is 6.60. The van der Waals surface area contributed by atoms with Crippen molar-refractivity contribution in [3.05, 3.63) is 0 Å². The first kappa shape index (κ1) is 26.8. The number of fused-ring (bicyclic) bond motifs is 1. The van der Waals surface area contributed by atoms with E-state index in [2.05, 4.69) is 31.1 Å². The average Bonchev–Trinajstić information content (AvgIpc) is 3.34. The largest absolute Gasteiger partial charge is 0.379 e. The maximum Gasteiger partial charge on any atom is 0.233 e. The van der Waals surface area contributed by atoms with E-state index in [1.54, 1.807) is 7.05 Å². The Balaban J connectivity index is 1.10. The Morgan fingerprint density at radius 1 is 1.19 bits per heavy atom. The molecule has 5 rings (SSSR count). The Labute approximate surface area is 219 Å². The summed E-state index contributed by atoms with van der Waals surface area (Å²) < 4.78 is 12.2. The molecular weight excluding hydrogens is 480 g/mol. The number of nitrogens with one attached hydrogen (secondary N) is 4. The third kappa shape index (κ3) is 6.26. The zero-order valence-corrected chi connectivity index (χ0v) is 22.6. The Kier molecular flexibility index (Phi) is 9.22. The van der Waals surface area contributed by atoms with Gasteiger partial charge in [-0.2, -0.15) is 0 Å². The SMILES string of the molecule is CNC(=O)CN(C)C1CCNC(NC2CCC(C3CSC4C(=O)CC(N5CCOCC5)OC43)CC2)N1. The average molecular weight is 525 g/mol. The highest BCUT2D eigenvalue weighted by Crippen LogP contribution is 2.46. The van der Waals surface area contributed by atoms with Crippen LogP contribution in [0.15, 0.2) is 0 Å². The molecule has 0 radical (unpaired) electrons. The lowest BCUT2D eigenvalue weighted by Gasteiger charge is -2.43. The van der Waals surface area contributed by atoms with Crippen LogP contribution in [0.1, 0.15) is 38.5 Å². The van der Waals surface area contributed by atoms with E-state index < -0.39 is 0 Å². The van der Waals surface area contributed by atoms with Gasteiger partial charge in [0.2, 0.25) is 5.91 Å². The highest BCUT2D eigenvalue weighted by molar-refractivity contribution is 8.01. The Morgan fingerprint density at radius 3 is 2.72 bits per heavy atom. The van der Waals surface area contributed by atoms with Crippen LogP contribution >= 0.6 is 11.8 Å². The number of Topliss-reactive ketones (excluding diaryl/α,β-unsaturated/α-hetero) is 1. The molecule has 4 saturated heterocycles. The second-order valence-electron chi connectivity index (χ2n) is 11.0. The number of rotatable bonds is 7. The summed E-state index contributed by atoms with van der Waals surface area (Å²) in [5.74, 6) is 2.57. The lowest BCUT2D eigenvalue weighted by molar-refractivity contribution is -0.170. The predicted octanol–water partition coefficient (Wildman–Crippen LogP) is -0.247. The first-order valence-electron chi connectivity index (χ1n) is 13.8. The van der Waals surface area contributed by atoms with Gasteiger partial charge in [-0.25, -0.2) is 0 Å². The van der Waals surface area contributed by atoms with Crippen molar-refractivity contribution in [3.8, 4) is 0 Å². The van der Waals surface area contributed by atoms with Gasteiger partial charge in [0.1, 0.15) is 12.5 Å². The zero-order valence-electron chi connectivity index (χ0n) is 21.7. The number of ketones is 1. The minimum absolute atomic E-state index is 0.0301. The van der Waals surface area contributed by atoms with Crippen LogP contribution in [-0.4, -0.2) is 117 Å². The number of hydrogen-bond donors (Lipinski definition) is 4. The highest BCUT2D eigenvalue weighted by Gasteiger charge is 2.50. The van der Waals surface area contributed by atoms with E-state index in [4.69, 9.17) is 9.47 Å². The molecule has 0 aromatic carbocycles. The maximum atomic E-state index is 13.0. The molecule has 4 aliphatic heterocycles. The van der Waals surface area contributed by atoms with Gasteiger partial charge in [0, 0.05) is 39.1 Å². The summed E-state index contributed by atoms with van der Waals surface area (Å²) in [5, 5.41) is 13.7. The number of ether oxygens (including phenoxy) is 2. The highest BCUT2D eigenvalue weighted by atomic mass is 32.2. The van der Waals surface area contributed by atoms with Crippen molar-refractivity contribution < 1.29 is 19.1 Å². The molecule has 5 fully saturated rings. The van der Waals surface area contributed by atoms with Gasteiger partial charge in [0.05, 0.1) is 37.3 Å². The summed E-state index contributed by atoms with van der Waals surface area (Å²) in [5.41, 5.74) is 0. The molecule has 1 amide bonds. The summed E-state index contributed by atoms with van der Waals surface area (Å²) in [6.07, 6.45) is 6.35. The van der Waals surface area contributed by atoms with Crippen LogP contribution in [-0.2, 0) is 19.1 Å². The fraction of sp³-hybridized carbons (Fsp3) is 0.920. The van der Waals surface area contributed by atoms with Crippen molar-refractivity contribution >= 4 is 23.5 Å². The van der Waals surface area contributed by atoms with Crippen molar-refractivity contribution in [2.24, 2.45) is 11.8 Å². The topological polar surface area (TPSA) is 107 Å². The van der Waals surface area contributed by atoms with Gasteiger partial charge in [-0.05, 0) is 56.7 Å². The third-order valence-corrected chi connectivity index (χ3v) is 10.2. The first-order valence-corrected chi connectivity index (χ1v) is 14.8. The molecule has 1 saturated carbocycles. The molecule has 0 spiro atoms. The second-order valence-corrected chi connectivity index (χ2v) is 12.2. The standard InChI is InChI=1S/C25H44N6O4S/c1-26-21(33)14-30(2)20-7-8-27-25(29-20)28-17-5-3-16(4-6-17)18-15-36-24-19(32)13-22(35-23(18)24)31-9-11-34-12-10-31/h16-18,20,22-25,27-29H,3-15H2,1-2H3,(H,26,33). The monoisotopic (exact) mass is 524 g/mol. The molecule has 6 atom stereocenters. The van der Waals surface area contributed by atoms with Gasteiger partial charge in [-0.1, -0.05) is 0 Å². The Morgan fingerprint density at radius 2 is 1.97 bits per heavy atom. The molecule has 4 heterocycles. The van der Waals surface area contributed by atoms with Crippen molar-refractivity contribution in [1.29, 1.82) is 0 Å². The molecule has 0 aromatic rings. The van der Waals surface area contributed by atoms with Crippen LogP contribution < -0.4 is 21.3 Å². The molecule has 0 bridgehead atoms. The summed E-state index contributed by atoms with van der Waals surface area (Å²) in [7, 11) is 3.67. The summed E-state index contributed by atoms with van der Waals surface area (Å²) >= 11 is 1.84. The van der Waals surface area contributed by atoms with Crippen molar-refractivity contribution in [1.82, 2.24) is 31.1 Å². The molecule has 10 nitrogen and oxygen atoms in total. The van der Waals surface area contributed by atoms with E-state index in [1.807, 2.05) is 18.8 Å². The van der Waals surface area contributed by atoms with Gasteiger partial charge in [0.15, 0.2) is 5.78 Å². The van der Waals surface area contributed by atoms with Crippen molar-refractivity contribution in [3.63, 3.8) is 0 Å². The minimum Gasteiger partial charge on any atom is -0.379 e. The number of nitrogens with zero attached hydrogens (tertiary/aromatic N) is 2. The molecule has 6 unspecified atom stereocenters. The normalized spacial score (nSPS) is 40.2. The Hall–Kier alpha value is -0.790. The number of amides is 1. The number of carbonyl (C=O) groups is 2. The minimum atomic E-state index is -0.0696. The van der Waals surface area contributed by atoms with E-state index in [0.29, 0.717) is 36.6 Å². The zero-order chi connectivity index (χ0) is 25.1. The number of hydrogen-bond acceptors (Lipinski definition) is 10. The Bertz CT molecular complexity index is 763. The van der Waals surface area contributed by atoms with Gasteiger partial charge < -0.3 is 14.8 Å². The fourth-order valence-corrected chi connectivity index (χ4v) is 8.23. The summed E-state index contributed by atoms with van der Waals surface area (Å²) in [4.78, 5) is 29.1. The number of morpholine rings is 1. The quantitative estimate of drug-likeness (QED) is 0.356. The van der Waals surface area contributed by atoms with Crippen LogP contribution in [0.5, 0.6) is 0 Å². The van der Waals surface area contributed by atoms with E-state index in [1.165, 1.54) is 12.8 Å². The maximum absolute atomic E-state index is 13.0. The molecule has 5 aliphatic rings. The van der Waals surface area contributed by atoms with E-state index in [-0.39, 0.29) is 35.9 Å². The van der Waals surface area contributed by atoms with Crippen LogP contribution in [0.3, 0.4) is 0 Å².